The third-order valence-corrected chi connectivity index (χ3v) is 5.31. The van der Waals surface area contributed by atoms with E-state index in [9.17, 15) is 5.11 Å². The molecule has 3 heterocycles. The molecule has 24 heavy (non-hydrogen) atoms. The average molecular weight is 365 g/mol. The van der Waals surface area contributed by atoms with Crippen LogP contribution in [0.25, 0.3) is 16.2 Å². The van der Waals surface area contributed by atoms with E-state index in [2.05, 4.69) is 15.4 Å². The number of nitrogens with one attached hydrogen (secondary N) is 1. The molecule has 6 nitrogen and oxygen atoms in total. The summed E-state index contributed by atoms with van der Waals surface area (Å²) >= 11 is 7.38. The Hall–Kier alpha value is -1.67. The molecule has 0 amide bonds. The highest BCUT2D eigenvalue weighted by Gasteiger charge is 2.29. The van der Waals surface area contributed by atoms with Gasteiger partial charge in [0.2, 0.25) is 10.1 Å². The highest BCUT2D eigenvalue weighted by Crippen LogP contribution is 2.27. The monoisotopic (exact) mass is 364 g/mol. The molecule has 0 bridgehead atoms. The smallest absolute Gasteiger partial charge is 0.214 e. The van der Waals surface area contributed by atoms with E-state index in [0.29, 0.717) is 37.6 Å². The fourth-order valence-corrected chi connectivity index (χ4v) is 3.60. The second kappa shape index (κ2) is 6.33. The van der Waals surface area contributed by atoms with Crippen LogP contribution in [0.4, 0.5) is 5.13 Å². The SMILES string of the molecule is OC1(CNc2nn3cc(-c4ccc(Cl)cc4)nc3s2)CCOCC1. The summed E-state index contributed by atoms with van der Waals surface area (Å²) < 4.78 is 7.05. The topological polar surface area (TPSA) is 71.7 Å². The number of hydrogen-bond donors (Lipinski definition) is 2. The maximum absolute atomic E-state index is 10.5. The Labute approximate surface area is 148 Å². The average Bonchev–Trinajstić information content (AvgIpc) is 3.13. The van der Waals surface area contributed by atoms with Crippen molar-refractivity contribution in [1.82, 2.24) is 14.6 Å². The zero-order valence-corrected chi connectivity index (χ0v) is 14.5. The van der Waals surface area contributed by atoms with Crippen molar-refractivity contribution in [3.8, 4) is 11.3 Å². The van der Waals surface area contributed by atoms with E-state index >= 15 is 0 Å². The predicted octanol–water partition coefficient (Wildman–Crippen LogP) is 3.06. The summed E-state index contributed by atoms with van der Waals surface area (Å²) in [5.74, 6) is 0. The number of benzene rings is 1. The van der Waals surface area contributed by atoms with Crippen molar-refractivity contribution in [3.63, 3.8) is 0 Å². The third-order valence-electron chi connectivity index (χ3n) is 4.18. The molecular weight excluding hydrogens is 348 g/mol. The molecular formula is C16H17ClN4O2S. The van der Waals surface area contributed by atoms with Gasteiger partial charge in [-0.3, -0.25) is 0 Å². The van der Waals surface area contributed by atoms with Crippen LogP contribution in [0, 0.1) is 0 Å². The number of anilines is 1. The number of fused-ring (bicyclic) bond motifs is 1. The molecule has 2 aromatic heterocycles. The zero-order valence-electron chi connectivity index (χ0n) is 12.9. The number of aliphatic hydroxyl groups is 1. The van der Waals surface area contributed by atoms with E-state index in [1.54, 1.807) is 4.52 Å². The van der Waals surface area contributed by atoms with E-state index in [0.717, 1.165) is 21.3 Å². The zero-order chi connectivity index (χ0) is 16.6. The molecule has 2 N–H and O–H groups in total. The van der Waals surface area contributed by atoms with Crippen molar-refractivity contribution in [2.75, 3.05) is 25.1 Å². The number of imidazole rings is 1. The van der Waals surface area contributed by atoms with Crippen LogP contribution in [0.1, 0.15) is 12.8 Å². The van der Waals surface area contributed by atoms with Crippen molar-refractivity contribution in [2.24, 2.45) is 0 Å². The Morgan fingerprint density at radius 1 is 1.29 bits per heavy atom. The first-order chi connectivity index (χ1) is 11.6. The van der Waals surface area contributed by atoms with Gasteiger partial charge in [-0.15, -0.1) is 5.10 Å². The van der Waals surface area contributed by atoms with E-state index < -0.39 is 5.60 Å². The van der Waals surface area contributed by atoms with Crippen LogP contribution >= 0.6 is 22.9 Å². The first kappa shape index (κ1) is 15.8. The quantitative estimate of drug-likeness (QED) is 0.744. The van der Waals surface area contributed by atoms with Crippen LogP contribution in [-0.4, -0.2) is 45.1 Å². The summed E-state index contributed by atoms with van der Waals surface area (Å²) in [6.45, 7) is 1.67. The first-order valence-corrected chi connectivity index (χ1v) is 8.97. The molecule has 0 unspecified atom stereocenters. The predicted molar refractivity (Wildman–Crippen MR) is 94.8 cm³/mol. The largest absolute Gasteiger partial charge is 0.388 e. The molecule has 1 saturated heterocycles. The maximum Gasteiger partial charge on any atom is 0.214 e. The molecule has 0 atom stereocenters. The number of aromatic nitrogens is 3. The summed E-state index contributed by atoms with van der Waals surface area (Å²) in [7, 11) is 0. The van der Waals surface area contributed by atoms with Gasteiger partial charge < -0.3 is 15.2 Å². The summed E-state index contributed by atoms with van der Waals surface area (Å²) in [5.41, 5.74) is 1.14. The number of ether oxygens (including phenoxy) is 1. The summed E-state index contributed by atoms with van der Waals surface area (Å²) in [5, 5.41) is 19.6. The van der Waals surface area contributed by atoms with Crippen LogP contribution in [0.5, 0.6) is 0 Å². The Morgan fingerprint density at radius 2 is 2.04 bits per heavy atom. The Kier molecular flexibility index (Phi) is 4.17. The van der Waals surface area contributed by atoms with Gasteiger partial charge in [0.1, 0.15) is 0 Å². The summed E-state index contributed by atoms with van der Waals surface area (Å²) in [4.78, 5) is 5.41. The van der Waals surface area contributed by atoms with Crippen LogP contribution in [0.2, 0.25) is 5.02 Å². The van der Waals surface area contributed by atoms with Crippen molar-refractivity contribution in [3.05, 3.63) is 35.5 Å². The van der Waals surface area contributed by atoms with Gasteiger partial charge in [0, 0.05) is 43.2 Å². The summed E-state index contributed by atoms with van der Waals surface area (Å²) in [6, 6.07) is 7.57. The second-order valence-electron chi connectivity index (χ2n) is 5.96. The molecule has 1 aliphatic heterocycles. The highest BCUT2D eigenvalue weighted by atomic mass is 35.5. The Morgan fingerprint density at radius 3 is 2.75 bits per heavy atom. The number of halogens is 1. The Balaban J connectivity index is 1.48. The molecule has 1 aromatic carbocycles. The molecule has 1 fully saturated rings. The van der Waals surface area contributed by atoms with Gasteiger partial charge in [0.05, 0.1) is 17.5 Å². The van der Waals surface area contributed by atoms with Crippen molar-refractivity contribution < 1.29 is 9.84 Å². The fraction of sp³-hybridized carbons (Fsp3) is 0.375. The van der Waals surface area contributed by atoms with Crippen molar-refractivity contribution >= 4 is 33.0 Å². The van der Waals surface area contributed by atoms with Crippen molar-refractivity contribution in [1.29, 1.82) is 0 Å². The molecule has 0 radical (unpaired) electrons. The standard InChI is InChI=1S/C16H17ClN4O2S/c17-12-3-1-11(2-4-12)13-9-21-15(19-13)24-14(20-21)18-10-16(22)5-7-23-8-6-16/h1-4,9,22H,5-8,10H2,(H,18,20). The van der Waals surface area contributed by atoms with Crippen molar-refractivity contribution in [2.45, 2.75) is 18.4 Å². The minimum atomic E-state index is -0.722. The minimum Gasteiger partial charge on any atom is -0.388 e. The molecule has 8 heteroatoms. The second-order valence-corrected chi connectivity index (χ2v) is 7.35. The van der Waals surface area contributed by atoms with E-state index in [1.807, 2.05) is 30.5 Å². The van der Waals surface area contributed by atoms with E-state index in [-0.39, 0.29) is 0 Å². The lowest BCUT2D eigenvalue weighted by Crippen LogP contribution is -2.42. The van der Waals surface area contributed by atoms with Crippen LogP contribution in [0.15, 0.2) is 30.5 Å². The highest BCUT2D eigenvalue weighted by molar-refractivity contribution is 7.20. The van der Waals surface area contributed by atoms with Crippen LogP contribution in [-0.2, 0) is 4.74 Å². The van der Waals surface area contributed by atoms with Gasteiger partial charge in [-0.05, 0) is 12.1 Å². The van der Waals surface area contributed by atoms with Gasteiger partial charge in [0.15, 0.2) is 0 Å². The first-order valence-electron chi connectivity index (χ1n) is 7.78. The molecule has 4 rings (SSSR count). The normalized spacial score (nSPS) is 17.2. The van der Waals surface area contributed by atoms with Gasteiger partial charge >= 0.3 is 0 Å². The summed E-state index contributed by atoms with van der Waals surface area (Å²) in [6.07, 6.45) is 3.18. The molecule has 0 aliphatic carbocycles. The lowest BCUT2D eigenvalue weighted by Gasteiger charge is -2.31. The third kappa shape index (κ3) is 3.25. The molecule has 3 aromatic rings. The number of rotatable bonds is 4. The fourth-order valence-electron chi connectivity index (χ4n) is 2.70. The lowest BCUT2D eigenvalue weighted by molar-refractivity contribution is -0.0543. The number of hydrogen-bond acceptors (Lipinski definition) is 6. The molecule has 1 aliphatic rings. The maximum atomic E-state index is 10.5. The minimum absolute atomic E-state index is 0.469. The van der Waals surface area contributed by atoms with E-state index in [1.165, 1.54) is 11.3 Å². The lowest BCUT2D eigenvalue weighted by atomic mass is 9.95. The Bertz CT molecular complexity index is 808. The van der Waals surface area contributed by atoms with Crippen LogP contribution < -0.4 is 5.32 Å². The molecule has 0 spiro atoms. The number of nitrogens with zero attached hydrogens (tertiary/aromatic N) is 3. The van der Waals surface area contributed by atoms with Gasteiger partial charge in [-0.25, -0.2) is 9.50 Å². The van der Waals surface area contributed by atoms with Crippen LogP contribution in [0.3, 0.4) is 0 Å². The van der Waals surface area contributed by atoms with Gasteiger partial charge in [-0.2, -0.15) is 0 Å². The van der Waals surface area contributed by atoms with Gasteiger partial charge in [-0.1, -0.05) is 35.1 Å². The molecule has 126 valence electrons. The van der Waals surface area contributed by atoms with E-state index in [4.69, 9.17) is 16.3 Å². The molecule has 0 saturated carbocycles. The van der Waals surface area contributed by atoms with Gasteiger partial charge in [0.25, 0.3) is 0 Å².